The molecular formula is C19H24N2O8. The van der Waals surface area contributed by atoms with Crippen molar-refractivity contribution < 1.29 is 38.1 Å². The van der Waals surface area contributed by atoms with E-state index in [4.69, 9.17) is 14.2 Å². The van der Waals surface area contributed by atoms with Crippen molar-refractivity contribution in [2.75, 3.05) is 27.1 Å². The predicted molar refractivity (Wildman–Crippen MR) is 99.3 cm³/mol. The Bertz CT molecular complexity index is 777. The molecular weight excluding hydrogens is 384 g/mol. The van der Waals surface area contributed by atoms with E-state index in [2.05, 4.69) is 15.4 Å². The standard InChI is InChI=1S/C19H24N2O8/c1-11(2)6-13(19(25)26-3)21-16(22)9-27-17(23)8-20-18(24)12-4-5-14-15(7-12)29-10-28-14/h4-5,7,11,13H,6,8-10H2,1-3H3,(H,20,24)(H,21,22)/t13-/m1/s1. The van der Waals surface area contributed by atoms with Gasteiger partial charge in [0.2, 0.25) is 6.79 Å². The van der Waals surface area contributed by atoms with Gasteiger partial charge in [-0.1, -0.05) is 13.8 Å². The Hall–Kier alpha value is -3.30. The van der Waals surface area contributed by atoms with Crippen LogP contribution in [0.3, 0.4) is 0 Å². The molecule has 1 aromatic carbocycles. The van der Waals surface area contributed by atoms with Crippen molar-refractivity contribution in [1.29, 1.82) is 0 Å². The second-order valence-electron chi connectivity index (χ2n) is 6.68. The van der Waals surface area contributed by atoms with E-state index < -0.39 is 42.9 Å². The molecule has 1 aromatic rings. The number of carbonyl (C=O) groups is 4. The number of amides is 2. The average molecular weight is 408 g/mol. The van der Waals surface area contributed by atoms with Gasteiger partial charge in [0.1, 0.15) is 12.6 Å². The first-order valence-electron chi connectivity index (χ1n) is 9.00. The van der Waals surface area contributed by atoms with Crippen molar-refractivity contribution in [3.05, 3.63) is 23.8 Å². The van der Waals surface area contributed by atoms with Crippen LogP contribution < -0.4 is 20.1 Å². The Morgan fingerprint density at radius 3 is 2.55 bits per heavy atom. The number of nitrogens with one attached hydrogen (secondary N) is 2. The summed E-state index contributed by atoms with van der Waals surface area (Å²) >= 11 is 0. The quantitative estimate of drug-likeness (QED) is 0.562. The second kappa shape index (κ2) is 10.3. The van der Waals surface area contributed by atoms with Gasteiger partial charge in [0, 0.05) is 5.56 Å². The van der Waals surface area contributed by atoms with Gasteiger partial charge in [-0.15, -0.1) is 0 Å². The average Bonchev–Trinajstić information content (AvgIpc) is 3.16. The summed E-state index contributed by atoms with van der Waals surface area (Å²) in [6.45, 7) is 2.87. The number of hydrogen-bond donors (Lipinski definition) is 2. The maximum Gasteiger partial charge on any atom is 0.328 e. The third kappa shape index (κ3) is 6.66. The van der Waals surface area contributed by atoms with Crippen LogP contribution in [0, 0.1) is 5.92 Å². The number of fused-ring (bicyclic) bond motifs is 1. The molecule has 1 aliphatic heterocycles. The number of esters is 2. The molecule has 0 aliphatic carbocycles. The number of carbonyl (C=O) groups excluding carboxylic acids is 4. The van der Waals surface area contributed by atoms with Crippen LogP contribution in [-0.4, -0.2) is 56.8 Å². The van der Waals surface area contributed by atoms with Gasteiger partial charge < -0.3 is 29.6 Å². The molecule has 0 spiro atoms. The molecule has 158 valence electrons. The highest BCUT2D eigenvalue weighted by Gasteiger charge is 2.23. The maximum atomic E-state index is 12.1. The van der Waals surface area contributed by atoms with Crippen molar-refractivity contribution >= 4 is 23.8 Å². The van der Waals surface area contributed by atoms with Crippen LogP contribution in [0.4, 0.5) is 0 Å². The molecule has 1 aliphatic rings. The van der Waals surface area contributed by atoms with Gasteiger partial charge in [-0.2, -0.15) is 0 Å². The summed E-state index contributed by atoms with van der Waals surface area (Å²) in [5, 5.41) is 4.86. The molecule has 0 aromatic heterocycles. The van der Waals surface area contributed by atoms with Crippen LogP contribution in [0.1, 0.15) is 30.6 Å². The fourth-order valence-corrected chi connectivity index (χ4v) is 2.55. The van der Waals surface area contributed by atoms with Crippen molar-refractivity contribution in [3.63, 3.8) is 0 Å². The first-order chi connectivity index (χ1) is 13.8. The number of rotatable bonds is 9. The van der Waals surface area contributed by atoms with Gasteiger partial charge in [0.25, 0.3) is 11.8 Å². The summed E-state index contributed by atoms with van der Waals surface area (Å²) in [6.07, 6.45) is 0.387. The molecule has 0 fully saturated rings. The van der Waals surface area contributed by atoms with E-state index in [0.29, 0.717) is 17.9 Å². The lowest BCUT2D eigenvalue weighted by Crippen LogP contribution is -2.44. The Balaban J connectivity index is 1.75. The molecule has 29 heavy (non-hydrogen) atoms. The van der Waals surface area contributed by atoms with E-state index in [0.717, 1.165) is 0 Å². The number of ether oxygens (including phenoxy) is 4. The summed E-state index contributed by atoms with van der Waals surface area (Å²) in [5.74, 6) is -1.40. The minimum absolute atomic E-state index is 0.0861. The van der Waals surface area contributed by atoms with Crippen molar-refractivity contribution in [3.8, 4) is 11.5 Å². The molecule has 2 N–H and O–H groups in total. The lowest BCUT2D eigenvalue weighted by atomic mass is 10.0. The number of methoxy groups -OCH3 is 1. The number of hydrogen-bond acceptors (Lipinski definition) is 8. The van der Waals surface area contributed by atoms with Gasteiger partial charge in [0.15, 0.2) is 18.1 Å². The minimum atomic E-state index is -0.822. The third-order valence-electron chi connectivity index (χ3n) is 3.92. The van der Waals surface area contributed by atoms with Crippen molar-refractivity contribution in [1.82, 2.24) is 10.6 Å². The topological polar surface area (TPSA) is 129 Å². The van der Waals surface area contributed by atoms with Crippen LogP contribution in [0.2, 0.25) is 0 Å². The molecule has 2 amide bonds. The van der Waals surface area contributed by atoms with Crippen LogP contribution >= 0.6 is 0 Å². The summed E-state index contributed by atoms with van der Waals surface area (Å²) in [4.78, 5) is 47.5. The summed E-state index contributed by atoms with van der Waals surface area (Å²) < 4.78 is 19.8. The summed E-state index contributed by atoms with van der Waals surface area (Å²) in [7, 11) is 1.23. The fourth-order valence-electron chi connectivity index (χ4n) is 2.55. The van der Waals surface area contributed by atoms with Crippen LogP contribution in [0.15, 0.2) is 18.2 Å². The highest BCUT2D eigenvalue weighted by Crippen LogP contribution is 2.32. The molecule has 0 saturated heterocycles. The van der Waals surface area contributed by atoms with E-state index in [1.54, 1.807) is 6.07 Å². The molecule has 0 radical (unpaired) electrons. The molecule has 0 bridgehead atoms. The highest BCUT2D eigenvalue weighted by atomic mass is 16.7. The second-order valence-corrected chi connectivity index (χ2v) is 6.68. The smallest absolute Gasteiger partial charge is 0.328 e. The molecule has 1 atom stereocenters. The maximum absolute atomic E-state index is 12.1. The Morgan fingerprint density at radius 1 is 1.14 bits per heavy atom. The van der Waals surface area contributed by atoms with Crippen molar-refractivity contribution in [2.24, 2.45) is 5.92 Å². The monoisotopic (exact) mass is 408 g/mol. The molecule has 10 nitrogen and oxygen atoms in total. The first-order valence-corrected chi connectivity index (χ1v) is 9.00. The minimum Gasteiger partial charge on any atom is -0.467 e. The molecule has 0 saturated carbocycles. The van der Waals surface area contributed by atoms with E-state index in [9.17, 15) is 19.2 Å². The van der Waals surface area contributed by atoms with E-state index >= 15 is 0 Å². The lowest BCUT2D eigenvalue weighted by Gasteiger charge is -2.18. The molecule has 10 heteroatoms. The fraction of sp³-hybridized carbons (Fsp3) is 0.474. The van der Waals surface area contributed by atoms with Gasteiger partial charge in [-0.3, -0.25) is 14.4 Å². The Morgan fingerprint density at radius 2 is 1.86 bits per heavy atom. The number of benzene rings is 1. The van der Waals surface area contributed by atoms with Gasteiger partial charge >= 0.3 is 11.9 Å². The summed E-state index contributed by atoms with van der Waals surface area (Å²) in [5.41, 5.74) is 0.286. The van der Waals surface area contributed by atoms with E-state index in [1.807, 2.05) is 13.8 Å². The van der Waals surface area contributed by atoms with Gasteiger partial charge in [-0.05, 0) is 30.5 Å². The van der Waals surface area contributed by atoms with Crippen LogP contribution in [0.25, 0.3) is 0 Å². The van der Waals surface area contributed by atoms with Gasteiger partial charge in [-0.25, -0.2) is 4.79 Å². The molecule has 2 rings (SSSR count). The predicted octanol–water partition coefficient (Wildman–Crippen LogP) is 0.392. The summed E-state index contributed by atoms with van der Waals surface area (Å²) in [6, 6.07) is 3.80. The Kier molecular flexibility index (Phi) is 7.81. The van der Waals surface area contributed by atoms with Gasteiger partial charge in [0.05, 0.1) is 7.11 Å². The van der Waals surface area contributed by atoms with Crippen LogP contribution in [-0.2, 0) is 23.9 Å². The Labute approximate surface area is 167 Å². The zero-order chi connectivity index (χ0) is 21.4. The van der Waals surface area contributed by atoms with Crippen molar-refractivity contribution in [2.45, 2.75) is 26.3 Å². The zero-order valence-electron chi connectivity index (χ0n) is 16.5. The zero-order valence-corrected chi connectivity index (χ0v) is 16.5. The first kappa shape index (κ1) is 22.0. The van der Waals surface area contributed by atoms with E-state index in [-0.39, 0.29) is 18.3 Å². The highest BCUT2D eigenvalue weighted by molar-refractivity contribution is 5.96. The molecule has 0 unspecified atom stereocenters. The third-order valence-corrected chi connectivity index (χ3v) is 3.92. The SMILES string of the molecule is COC(=O)[C@@H](CC(C)C)NC(=O)COC(=O)CNC(=O)c1ccc2c(c1)OCO2. The normalized spacial score (nSPS) is 12.8. The lowest BCUT2D eigenvalue weighted by molar-refractivity contribution is -0.149. The van der Waals surface area contributed by atoms with Crippen LogP contribution in [0.5, 0.6) is 11.5 Å². The van der Waals surface area contributed by atoms with E-state index in [1.165, 1.54) is 19.2 Å². The largest absolute Gasteiger partial charge is 0.467 e. The molecule has 1 heterocycles.